The van der Waals surface area contributed by atoms with Crippen LogP contribution >= 0.6 is 0 Å². The molecule has 1 aliphatic rings. The molecule has 2 aromatic rings. The highest BCUT2D eigenvalue weighted by atomic mass is 16.5. The Morgan fingerprint density at radius 2 is 1.44 bits per heavy atom. The molecule has 1 atom stereocenters. The van der Waals surface area contributed by atoms with Crippen LogP contribution < -0.4 is 4.74 Å². The third-order valence-corrected chi connectivity index (χ3v) is 5.56. The van der Waals surface area contributed by atoms with E-state index in [2.05, 4.69) is 75.4 Å². The number of hydrogen-bond acceptors (Lipinski definition) is 1. The van der Waals surface area contributed by atoms with Crippen molar-refractivity contribution in [1.82, 2.24) is 0 Å². The molecule has 1 saturated carbocycles. The van der Waals surface area contributed by atoms with E-state index in [9.17, 15) is 0 Å². The van der Waals surface area contributed by atoms with Crippen LogP contribution in [0.25, 0.3) is 0 Å². The van der Waals surface area contributed by atoms with E-state index in [1.54, 1.807) is 0 Å². The van der Waals surface area contributed by atoms with E-state index >= 15 is 0 Å². The zero-order valence-corrected chi connectivity index (χ0v) is 15.9. The summed E-state index contributed by atoms with van der Waals surface area (Å²) in [7, 11) is 0. The van der Waals surface area contributed by atoms with E-state index in [-0.39, 0.29) is 6.10 Å². The summed E-state index contributed by atoms with van der Waals surface area (Å²) in [5, 5.41) is 0. The van der Waals surface area contributed by atoms with Gasteiger partial charge in [0.05, 0.1) is 6.10 Å². The Morgan fingerprint density at radius 1 is 0.840 bits per heavy atom. The third kappa shape index (κ3) is 5.11. The van der Waals surface area contributed by atoms with Gasteiger partial charge in [-0.2, -0.15) is 0 Å². The zero-order chi connectivity index (χ0) is 17.6. The van der Waals surface area contributed by atoms with Gasteiger partial charge in [0.15, 0.2) is 0 Å². The minimum absolute atomic E-state index is 0.222. The van der Waals surface area contributed by atoms with Gasteiger partial charge in [0.2, 0.25) is 0 Å². The molecule has 0 bridgehead atoms. The molecule has 1 nitrogen and oxygen atoms in total. The van der Waals surface area contributed by atoms with Crippen molar-refractivity contribution in [2.24, 2.45) is 11.8 Å². The van der Waals surface area contributed by atoms with E-state index in [1.807, 2.05) is 0 Å². The maximum Gasteiger partial charge on any atom is 0.119 e. The van der Waals surface area contributed by atoms with Gasteiger partial charge in [-0.3, -0.25) is 0 Å². The van der Waals surface area contributed by atoms with Crippen LogP contribution in [0.4, 0.5) is 0 Å². The number of rotatable bonds is 6. The first kappa shape index (κ1) is 18.0. The van der Waals surface area contributed by atoms with Crippen LogP contribution in [0.1, 0.15) is 69.9 Å². The second kappa shape index (κ2) is 8.56. The molecule has 25 heavy (non-hydrogen) atoms. The van der Waals surface area contributed by atoms with E-state index in [0.717, 1.165) is 17.6 Å². The normalized spacial score (nSPS) is 21.9. The molecule has 0 radical (unpaired) electrons. The highest BCUT2D eigenvalue weighted by molar-refractivity contribution is 5.36. The highest BCUT2D eigenvalue weighted by Gasteiger charge is 2.23. The lowest BCUT2D eigenvalue weighted by Crippen LogP contribution is -2.16. The predicted octanol–water partition coefficient (Wildman–Crippen LogP) is 6.82. The molecule has 0 aliphatic heterocycles. The predicted molar refractivity (Wildman–Crippen MR) is 106 cm³/mol. The van der Waals surface area contributed by atoms with E-state index in [0.29, 0.717) is 5.92 Å². The van der Waals surface area contributed by atoms with Crippen molar-refractivity contribution in [3.8, 4) is 5.75 Å². The van der Waals surface area contributed by atoms with Gasteiger partial charge in [-0.05, 0) is 55.4 Å². The molecule has 1 fully saturated rings. The maximum atomic E-state index is 5.82. The first-order valence-electron chi connectivity index (χ1n) is 9.93. The lowest BCUT2D eigenvalue weighted by atomic mass is 9.75. The van der Waals surface area contributed by atoms with Gasteiger partial charge in [-0.25, -0.2) is 0 Å². The maximum absolute atomic E-state index is 5.82. The molecule has 1 unspecified atom stereocenters. The third-order valence-electron chi connectivity index (χ3n) is 5.56. The van der Waals surface area contributed by atoms with Crippen molar-refractivity contribution >= 4 is 0 Å². The molecule has 3 rings (SSSR count). The van der Waals surface area contributed by atoms with Crippen molar-refractivity contribution in [1.29, 1.82) is 0 Å². The summed E-state index contributed by atoms with van der Waals surface area (Å²) in [6.45, 7) is 6.55. The van der Waals surface area contributed by atoms with Crippen molar-refractivity contribution < 1.29 is 4.74 Å². The van der Waals surface area contributed by atoms with Crippen LogP contribution in [0.3, 0.4) is 0 Å². The van der Waals surface area contributed by atoms with Crippen molar-refractivity contribution in [3.05, 3.63) is 65.7 Å². The minimum atomic E-state index is 0.222. The molecule has 0 spiro atoms. The quantitative estimate of drug-likeness (QED) is 0.562. The van der Waals surface area contributed by atoms with Crippen LogP contribution in [-0.2, 0) is 0 Å². The van der Waals surface area contributed by atoms with E-state index < -0.39 is 0 Å². The topological polar surface area (TPSA) is 9.23 Å². The Kier molecular flexibility index (Phi) is 6.18. The zero-order valence-electron chi connectivity index (χ0n) is 15.9. The summed E-state index contributed by atoms with van der Waals surface area (Å²) in [4.78, 5) is 0. The molecule has 0 amide bonds. The molecule has 134 valence electrons. The van der Waals surface area contributed by atoms with Crippen LogP contribution in [0.15, 0.2) is 54.6 Å². The summed E-state index contributed by atoms with van der Waals surface area (Å²) >= 11 is 0. The molecule has 1 aliphatic carbocycles. The largest absolute Gasteiger partial charge is 0.491 e. The molecule has 2 aromatic carbocycles. The van der Waals surface area contributed by atoms with Crippen LogP contribution in [0.5, 0.6) is 5.75 Å². The number of ether oxygens (including phenoxy) is 1. The average Bonchev–Trinajstić information content (AvgIpc) is 2.62. The summed E-state index contributed by atoms with van der Waals surface area (Å²) in [6, 6.07) is 19.8. The molecular weight excluding hydrogens is 304 g/mol. The first-order chi connectivity index (χ1) is 12.1. The van der Waals surface area contributed by atoms with Crippen molar-refractivity contribution in [2.75, 3.05) is 0 Å². The summed E-state index contributed by atoms with van der Waals surface area (Å²) in [5.41, 5.74) is 2.86. The Bertz CT molecular complexity index is 621. The van der Waals surface area contributed by atoms with Gasteiger partial charge in [0.1, 0.15) is 5.75 Å². The fraction of sp³-hybridized carbons (Fsp3) is 0.500. The summed E-state index contributed by atoms with van der Waals surface area (Å²) < 4.78 is 5.82. The highest BCUT2D eigenvalue weighted by Crippen LogP contribution is 2.38. The number of hydrogen-bond donors (Lipinski definition) is 0. The van der Waals surface area contributed by atoms with Gasteiger partial charge in [-0.15, -0.1) is 0 Å². The fourth-order valence-electron chi connectivity index (χ4n) is 4.10. The Balaban J connectivity index is 1.79. The summed E-state index contributed by atoms with van der Waals surface area (Å²) in [5.74, 6) is 3.23. The standard InChI is InChI=1S/C24H32O/c1-18(2)25-23-15-13-22(14-16-23)24(21-7-5-4-6-8-21)17-20-11-9-19(3)10-12-20/h4-8,13-16,18-20,24H,9-12,17H2,1-3H3. The Hall–Kier alpha value is -1.76. The van der Waals surface area contributed by atoms with Crippen molar-refractivity contribution in [2.45, 2.75) is 64.9 Å². The molecular formula is C24H32O. The van der Waals surface area contributed by atoms with Gasteiger partial charge in [-0.1, -0.05) is 75.1 Å². The number of benzene rings is 2. The first-order valence-corrected chi connectivity index (χ1v) is 9.93. The molecule has 0 saturated heterocycles. The van der Waals surface area contributed by atoms with E-state index in [4.69, 9.17) is 4.74 Å². The van der Waals surface area contributed by atoms with Crippen LogP contribution in [0, 0.1) is 11.8 Å². The van der Waals surface area contributed by atoms with Crippen LogP contribution in [0.2, 0.25) is 0 Å². The monoisotopic (exact) mass is 336 g/mol. The van der Waals surface area contributed by atoms with Crippen molar-refractivity contribution in [3.63, 3.8) is 0 Å². The lowest BCUT2D eigenvalue weighted by Gasteiger charge is -2.30. The Labute approximate surface area is 153 Å². The van der Waals surface area contributed by atoms with Gasteiger partial charge in [0, 0.05) is 5.92 Å². The van der Waals surface area contributed by atoms with Crippen LogP contribution in [-0.4, -0.2) is 6.10 Å². The minimum Gasteiger partial charge on any atom is -0.491 e. The second-order valence-corrected chi connectivity index (χ2v) is 8.06. The smallest absolute Gasteiger partial charge is 0.119 e. The molecule has 0 heterocycles. The second-order valence-electron chi connectivity index (χ2n) is 8.06. The fourth-order valence-corrected chi connectivity index (χ4v) is 4.10. The van der Waals surface area contributed by atoms with Gasteiger partial charge < -0.3 is 4.74 Å². The SMILES string of the molecule is CC1CCC(CC(c2ccccc2)c2ccc(OC(C)C)cc2)CC1. The lowest BCUT2D eigenvalue weighted by molar-refractivity contribution is 0.242. The average molecular weight is 337 g/mol. The molecule has 1 heteroatoms. The molecule has 0 N–H and O–H groups in total. The Morgan fingerprint density at radius 3 is 2.04 bits per heavy atom. The molecule has 0 aromatic heterocycles. The summed E-state index contributed by atoms with van der Waals surface area (Å²) in [6.07, 6.45) is 7.06. The van der Waals surface area contributed by atoms with E-state index in [1.165, 1.54) is 43.2 Å². The van der Waals surface area contributed by atoms with Gasteiger partial charge >= 0.3 is 0 Å². The van der Waals surface area contributed by atoms with Gasteiger partial charge in [0.25, 0.3) is 0 Å².